The number of hydrogen-bond donors (Lipinski definition) is 0. The highest BCUT2D eigenvalue weighted by Gasteiger charge is 2.12. The second-order valence-electron chi connectivity index (χ2n) is 4.56. The van der Waals surface area contributed by atoms with Crippen molar-refractivity contribution in [3.05, 3.63) is 39.4 Å². The molecule has 7 heteroatoms. The Bertz CT molecular complexity index is 779. The summed E-state index contributed by atoms with van der Waals surface area (Å²) in [5.41, 5.74) is 0.327. The lowest BCUT2D eigenvalue weighted by Gasteiger charge is -2.16. The molecule has 0 atom stereocenters. The van der Waals surface area contributed by atoms with Crippen LogP contribution in [0.2, 0.25) is 0 Å². The highest BCUT2D eigenvalue weighted by atomic mass is 79.9. The number of carbonyl (C=O) groups excluding carboxylic acids is 1. The molecule has 0 spiro atoms. The van der Waals surface area contributed by atoms with Gasteiger partial charge in [0.2, 0.25) is 5.91 Å². The van der Waals surface area contributed by atoms with Gasteiger partial charge in [0, 0.05) is 18.1 Å². The summed E-state index contributed by atoms with van der Waals surface area (Å²) in [6.07, 6.45) is 1.63. The summed E-state index contributed by atoms with van der Waals surface area (Å²) in [6.45, 7) is 0.257. The molecule has 108 valence electrons. The minimum atomic E-state index is -0.261. The van der Waals surface area contributed by atoms with Crippen molar-refractivity contribution < 1.29 is 4.79 Å². The van der Waals surface area contributed by atoms with Gasteiger partial charge in [-0.15, -0.1) is 0 Å². The van der Waals surface area contributed by atoms with E-state index >= 15 is 0 Å². The van der Waals surface area contributed by atoms with Crippen LogP contribution in [-0.4, -0.2) is 34.0 Å². The number of carbonyl (C=O) groups is 1. The molecular weight excluding hydrogens is 336 g/mol. The molecule has 1 heterocycles. The lowest BCUT2D eigenvalue weighted by molar-refractivity contribution is -0.130. The van der Waals surface area contributed by atoms with Crippen LogP contribution in [0.15, 0.2) is 33.8 Å². The average Bonchev–Trinajstić information content (AvgIpc) is 2.48. The molecule has 1 aromatic carbocycles. The van der Waals surface area contributed by atoms with Crippen LogP contribution in [0, 0.1) is 11.3 Å². The monoisotopic (exact) mass is 348 g/mol. The Morgan fingerprint density at radius 3 is 3.00 bits per heavy atom. The maximum atomic E-state index is 12.3. The lowest BCUT2D eigenvalue weighted by atomic mass is 10.2. The molecule has 1 amide bonds. The lowest BCUT2D eigenvalue weighted by Crippen LogP contribution is -2.34. The molecule has 1 aromatic heterocycles. The molecule has 0 bridgehead atoms. The van der Waals surface area contributed by atoms with Gasteiger partial charge in [0.25, 0.3) is 5.56 Å². The van der Waals surface area contributed by atoms with E-state index in [-0.39, 0.29) is 24.4 Å². The van der Waals surface area contributed by atoms with Crippen molar-refractivity contribution >= 4 is 32.7 Å². The second-order valence-corrected chi connectivity index (χ2v) is 5.48. The SMILES string of the molecule is CN(CCC#N)C(=O)Cn1cnc2ccc(Br)cc2c1=O. The van der Waals surface area contributed by atoms with Crippen molar-refractivity contribution in [3.63, 3.8) is 0 Å². The topological polar surface area (TPSA) is 79.0 Å². The van der Waals surface area contributed by atoms with Crippen molar-refractivity contribution in [2.75, 3.05) is 13.6 Å². The molecule has 0 aliphatic heterocycles. The Morgan fingerprint density at radius 2 is 2.29 bits per heavy atom. The first-order valence-electron chi connectivity index (χ1n) is 6.28. The van der Waals surface area contributed by atoms with Crippen LogP contribution < -0.4 is 5.56 Å². The predicted molar refractivity (Wildman–Crippen MR) is 81.6 cm³/mol. The van der Waals surface area contributed by atoms with Gasteiger partial charge in [-0.1, -0.05) is 15.9 Å². The summed E-state index contributed by atoms with van der Waals surface area (Å²) in [5.74, 6) is -0.233. The van der Waals surface area contributed by atoms with Gasteiger partial charge >= 0.3 is 0 Å². The largest absolute Gasteiger partial charge is 0.343 e. The Kier molecular flexibility index (Phi) is 4.70. The normalized spacial score (nSPS) is 10.3. The molecule has 21 heavy (non-hydrogen) atoms. The van der Waals surface area contributed by atoms with Crippen LogP contribution in [0.5, 0.6) is 0 Å². The maximum Gasteiger partial charge on any atom is 0.261 e. The van der Waals surface area contributed by atoms with Crippen molar-refractivity contribution in [2.45, 2.75) is 13.0 Å². The smallest absolute Gasteiger partial charge is 0.261 e. The Morgan fingerprint density at radius 1 is 1.52 bits per heavy atom. The highest BCUT2D eigenvalue weighted by molar-refractivity contribution is 9.10. The van der Waals surface area contributed by atoms with E-state index in [1.807, 2.05) is 6.07 Å². The molecule has 0 saturated heterocycles. The van der Waals surface area contributed by atoms with Crippen LogP contribution in [0.1, 0.15) is 6.42 Å². The van der Waals surface area contributed by atoms with Crippen molar-refractivity contribution in [2.24, 2.45) is 0 Å². The Balaban J connectivity index is 2.27. The molecule has 6 nitrogen and oxygen atoms in total. The zero-order valence-corrected chi connectivity index (χ0v) is 13.0. The fourth-order valence-electron chi connectivity index (χ4n) is 1.85. The van der Waals surface area contributed by atoms with Crippen LogP contribution >= 0.6 is 15.9 Å². The number of likely N-dealkylation sites (N-methyl/N-ethyl adjacent to an activating group) is 1. The zero-order valence-electron chi connectivity index (χ0n) is 11.4. The summed E-state index contributed by atoms with van der Waals surface area (Å²) in [7, 11) is 1.61. The summed E-state index contributed by atoms with van der Waals surface area (Å²) in [5, 5.41) is 8.98. The number of hydrogen-bond acceptors (Lipinski definition) is 4. The number of fused-ring (bicyclic) bond motifs is 1. The van der Waals surface area contributed by atoms with Crippen LogP contribution in [0.3, 0.4) is 0 Å². The Hall–Kier alpha value is -2.20. The van der Waals surface area contributed by atoms with E-state index in [9.17, 15) is 9.59 Å². The second kappa shape index (κ2) is 6.50. The third-order valence-electron chi connectivity index (χ3n) is 3.08. The molecule has 0 N–H and O–H groups in total. The molecular formula is C14H13BrN4O2. The number of aromatic nitrogens is 2. The van der Waals surface area contributed by atoms with E-state index in [0.717, 1.165) is 4.47 Å². The minimum Gasteiger partial charge on any atom is -0.343 e. The number of nitriles is 1. The van der Waals surface area contributed by atoms with Gasteiger partial charge in [-0.3, -0.25) is 14.2 Å². The van der Waals surface area contributed by atoms with Gasteiger partial charge in [-0.2, -0.15) is 5.26 Å². The average molecular weight is 349 g/mol. The minimum absolute atomic E-state index is 0.0871. The van der Waals surface area contributed by atoms with Crippen molar-refractivity contribution in [3.8, 4) is 6.07 Å². The van der Waals surface area contributed by atoms with E-state index in [2.05, 4.69) is 20.9 Å². The fraction of sp³-hybridized carbons (Fsp3) is 0.286. The number of benzene rings is 1. The molecule has 0 unspecified atom stereocenters. The van der Waals surface area contributed by atoms with Gasteiger partial charge in [-0.25, -0.2) is 4.98 Å². The highest BCUT2D eigenvalue weighted by Crippen LogP contribution is 2.14. The number of halogens is 1. The van der Waals surface area contributed by atoms with Gasteiger partial charge < -0.3 is 4.90 Å². The molecule has 0 aliphatic rings. The number of amides is 1. The predicted octanol–water partition coefficient (Wildman–Crippen LogP) is 1.53. The van der Waals surface area contributed by atoms with Crippen LogP contribution in [0.4, 0.5) is 0 Å². The van der Waals surface area contributed by atoms with E-state index < -0.39 is 0 Å². The van der Waals surface area contributed by atoms with E-state index in [4.69, 9.17) is 5.26 Å². The van der Waals surface area contributed by atoms with Crippen LogP contribution in [0.25, 0.3) is 10.9 Å². The van der Waals surface area contributed by atoms with Crippen molar-refractivity contribution in [1.29, 1.82) is 5.26 Å². The van der Waals surface area contributed by atoms with Gasteiger partial charge in [-0.05, 0) is 18.2 Å². The van der Waals surface area contributed by atoms with Crippen molar-refractivity contribution in [1.82, 2.24) is 14.5 Å². The Labute approximate surface area is 129 Å². The molecule has 2 aromatic rings. The van der Waals surface area contributed by atoms with Crippen LogP contribution in [-0.2, 0) is 11.3 Å². The van der Waals surface area contributed by atoms with Gasteiger partial charge in [0.15, 0.2) is 0 Å². The number of nitrogens with zero attached hydrogens (tertiary/aromatic N) is 4. The first-order valence-corrected chi connectivity index (χ1v) is 7.08. The third kappa shape index (κ3) is 3.47. The van der Waals surface area contributed by atoms with E-state index in [0.29, 0.717) is 17.4 Å². The third-order valence-corrected chi connectivity index (χ3v) is 3.57. The number of rotatable bonds is 4. The summed E-state index contributed by atoms with van der Waals surface area (Å²) in [4.78, 5) is 29.9. The molecule has 0 aliphatic carbocycles. The summed E-state index contributed by atoms with van der Waals surface area (Å²) < 4.78 is 2.06. The fourth-order valence-corrected chi connectivity index (χ4v) is 2.21. The first-order chi connectivity index (χ1) is 10.0. The quantitative estimate of drug-likeness (QED) is 0.839. The molecule has 2 rings (SSSR count). The molecule has 0 saturated carbocycles. The molecule has 0 radical (unpaired) electrons. The zero-order chi connectivity index (χ0) is 15.4. The maximum absolute atomic E-state index is 12.3. The van der Waals surface area contributed by atoms with E-state index in [1.54, 1.807) is 25.2 Å². The summed E-state index contributed by atoms with van der Waals surface area (Å²) >= 11 is 3.31. The van der Waals surface area contributed by atoms with Gasteiger partial charge in [0.05, 0.1) is 29.7 Å². The van der Waals surface area contributed by atoms with Gasteiger partial charge in [0.1, 0.15) is 6.54 Å². The molecule has 0 fully saturated rings. The summed E-state index contributed by atoms with van der Waals surface area (Å²) in [6, 6.07) is 7.21. The van der Waals surface area contributed by atoms with E-state index in [1.165, 1.54) is 15.8 Å². The first kappa shape index (κ1) is 15.2. The standard InChI is InChI=1S/C14H13BrN4O2/c1-18(6-2-5-16)13(20)8-19-9-17-12-4-3-10(15)7-11(12)14(19)21/h3-4,7,9H,2,6,8H2,1H3.